The number of hydrogen-bond donors (Lipinski definition) is 3. The number of methoxy groups -OCH3 is 1. The zero-order valence-electron chi connectivity index (χ0n) is 23.3. The van der Waals surface area contributed by atoms with Gasteiger partial charge in [0.05, 0.1) is 36.7 Å². The highest BCUT2D eigenvalue weighted by Crippen LogP contribution is 2.33. The molecule has 0 bridgehead atoms. The van der Waals surface area contributed by atoms with Crippen molar-refractivity contribution in [2.75, 3.05) is 32.2 Å². The molecule has 2 aliphatic heterocycles. The van der Waals surface area contributed by atoms with Crippen molar-refractivity contribution >= 4 is 29.4 Å². The second kappa shape index (κ2) is 12.4. The number of rotatable bonds is 9. The van der Waals surface area contributed by atoms with E-state index < -0.39 is 18.6 Å². The standard InChI is InChI=1S/C30H34ClN5O5/c1-17-4-7-22(40-3)13-23(17)18(2)33-28(38)26(16-37)36-15-20-6-5-19(12-24(20)29(36)39)27-25(31)14-32-30(35-27)34-21-8-10-41-11-9-21/h4-7,12-14,18,21,26,37H,8-11,15-16H2,1-3H3,(H,33,38)(H,32,34,35)/t18-,26-/m1/s1. The topological polar surface area (TPSA) is 126 Å². The van der Waals surface area contributed by atoms with Gasteiger partial charge in [-0.05, 0) is 61.6 Å². The van der Waals surface area contributed by atoms with E-state index in [4.69, 9.17) is 21.1 Å². The maximum Gasteiger partial charge on any atom is 0.255 e. The van der Waals surface area contributed by atoms with Crippen molar-refractivity contribution in [3.8, 4) is 17.0 Å². The SMILES string of the molecule is COc1ccc(C)c([C@@H](C)NC(=O)[C@@H](CO)N2Cc3ccc(-c4nc(NC5CCOCC5)ncc4Cl)cc3C2=O)c1. The number of aliphatic hydroxyl groups is 1. The molecule has 2 atom stereocenters. The Morgan fingerprint density at radius 3 is 2.76 bits per heavy atom. The summed E-state index contributed by atoms with van der Waals surface area (Å²) < 4.78 is 10.7. The molecule has 216 valence electrons. The quantitative estimate of drug-likeness (QED) is 0.348. The van der Waals surface area contributed by atoms with E-state index >= 15 is 0 Å². The number of aromatic nitrogens is 2. The third-order valence-electron chi connectivity index (χ3n) is 7.68. The van der Waals surface area contributed by atoms with Crippen molar-refractivity contribution < 1.29 is 24.2 Å². The first-order chi connectivity index (χ1) is 19.8. The molecule has 3 heterocycles. The van der Waals surface area contributed by atoms with E-state index in [1.54, 1.807) is 19.4 Å². The molecule has 1 aromatic heterocycles. The number of hydrogen-bond acceptors (Lipinski definition) is 8. The average Bonchev–Trinajstić information content (AvgIpc) is 3.30. The van der Waals surface area contributed by atoms with E-state index in [2.05, 4.69) is 20.6 Å². The molecule has 41 heavy (non-hydrogen) atoms. The molecule has 2 aromatic carbocycles. The molecule has 0 aliphatic carbocycles. The predicted molar refractivity (Wildman–Crippen MR) is 155 cm³/mol. The molecule has 0 radical (unpaired) electrons. The molecule has 2 amide bonds. The Morgan fingerprint density at radius 2 is 2.02 bits per heavy atom. The number of ether oxygens (including phenoxy) is 2. The van der Waals surface area contributed by atoms with Crippen LogP contribution < -0.4 is 15.4 Å². The summed E-state index contributed by atoms with van der Waals surface area (Å²) in [5.74, 6) is 0.363. The Morgan fingerprint density at radius 1 is 1.24 bits per heavy atom. The Labute approximate surface area is 244 Å². The summed E-state index contributed by atoms with van der Waals surface area (Å²) in [6.07, 6.45) is 3.27. The number of carbonyl (C=O) groups excluding carboxylic acids is 2. The van der Waals surface area contributed by atoms with E-state index in [-0.39, 0.29) is 24.5 Å². The zero-order chi connectivity index (χ0) is 29.1. The number of fused-ring (bicyclic) bond motifs is 1. The van der Waals surface area contributed by atoms with Crippen LogP contribution in [-0.2, 0) is 16.1 Å². The molecule has 11 heteroatoms. The Balaban J connectivity index is 1.32. The Hall–Kier alpha value is -3.73. The van der Waals surface area contributed by atoms with Gasteiger partial charge in [-0.3, -0.25) is 9.59 Å². The van der Waals surface area contributed by atoms with Crippen LogP contribution >= 0.6 is 11.6 Å². The van der Waals surface area contributed by atoms with Crippen LogP contribution in [0.2, 0.25) is 5.02 Å². The van der Waals surface area contributed by atoms with Gasteiger partial charge in [-0.1, -0.05) is 29.8 Å². The number of anilines is 1. The molecule has 0 saturated carbocycles. The molecule has 3 aromatic rings. The Bertz CT molecular complexity index is 1440. The van der Waals surface area contributed by atoms with Gasteiger partial charge in [0.1, 0.15) is 11.8 Å². The maximum absolute atomic E-state index is 13.5. The molecule has 1 fully saturated rings. The summed E-state index contributed by atoms with van der Waals surface area (Å²) in [4.78, 5) is 37.2. The fourth-order valence-electron chi connectivity index (χ4n) is 5.31. The molecule has 10 nitrogen and oxygen atoms in total. The molecule has 3 N–H and O–H groups in total. The number of amides is 2. The number of benzene rings is 2. The lowest BCUT2D eigenvalue weighted by molar-refractivity contribution is -0.127. The van der Waals surface area contributed by atoms with Crippen LogP contribution in [0, 0.1) is 6.92 Å². The van der Waals surface area contributed by atoms with Crippen molar-refractivity contribution in [1.82, 2.24) is 20.2 Å². The fourth-order valence-corrected chi connectivity index (χ4v) is 5.51. The van der Waals surface area contributed by atoms with Crippen LogP contribution in [0.25, 0.3) is 11.3 Å². The number of aryl methyl sites for hydroxylation is 1. The first kappa shape index (κ1) is 28.8. The lowest BCUT2D eigenvalue weighted by Gasteiger charge is -2.27. The molecule has 0 unspecified atom stereocenters. The number of nitrogens with one attached hydrogen (secondary N) is 2. The predicted octanol–water partition coefficient (Wildman–Crippen LogP) is 3.90. The summed E-state index contributed by atoms with van der Waals surface area (Å²) in [5.41, 5.74) is 4.25. The fraction of sp³-hybridized carbons (Fsp3) is 0.400. The van der Waals surface area contributed by atoms with Crippen LogP contribution in [0.5, 0.6) is 5.75 Å². The van der Waals surface area contributed by atoms with Gasteiger partial charge in [0.2, 0.25) is 11.9 Å². The second-order valence-electron chi connectivity index (χ2n) is 10.4. The number of halogens is 1. The Kier molecular flexibility index (Phi) is 8.72. The van der Waals surface area contributed by atoms with Crippen molar-refractivity contribution in [1.29, 1.82) is 0 Å². The molecule has 0 spiro atoms. The van der Waals surface area contributed by atoms with E-state index in [0.29, 0.717) is 46.8 Å². The van der Waals surface area contributed by atoms with Crippen molar-refractivity contribution in [3.05, 3.63) is 69.9 Å². The van der Waals surface area contributed by atoms with E-state index in [1.165, 1.54) is 4.90 Å². The van der Waals surface area contributed by atoms with Crippen LogP contribution in [0.15, 0.2) is 42.6 Å². The molecular formula is C30H34ClN5O5. The monoisotopic (exact) mass is 579 g/mol. The summed E-state index contributed by atoms with van der Waals surface area (Å²) >= 11 is 6.47. The highest BCUT2D eigenvalue weighted by Gasteiger charge is 2.37. The number of aliphatic hydroxyl groups excluding tert-OH is 1. The van der Waals surface area contributed by atoms with E-state index in [1.807, 2.05) is 44.2 Å². The number of carbonyl (C=O) groups is 2. The zero-order valence-corrected chi connectivity index (χ0v) is 24.1. The first-order valence-electron chi connectivity index (χ1n) is 13.7. The largest absolute Gasteiger partial charge is 0.497 e. The highest BCUT2D eigenvalue weighted by molar-refractivity contribution is 6.33. The van der Waals surface area contributed by atoms with Crippen LogP contribution in [-0.4, -0.2) is 70.8 Å². The molecule has 5 rings (SSSR count). The van der Waals surface area contributed by atoms with Gasteiger partial charge in [0, 0.05) is 36.9 Å². The van der Waals surface area contributed by atoms with E-state index in [9.17, 15) is 14.7 Å². The van der Waals surface area contributed by atoms with Gasteiger partial charge in [-0.15, -0.1) is 0 Å². The lowest BCUT2D eigenvalue weighted by atomic mass is 10.0. The number of nitrogens with zero attached hydrogens (tertiary/aromatic N) is 3. The van der Waals surface area contributed by atoms with Gasteiger partial charge < -0.3 is 30.1 Å². The molecule has 2 aliphatic rings. The highest BCUT2D eigenvalue weighted by atomic mass is 35.5. The second-order valence-corrected chi connectivity index (χ2v) is 10.8. The van der Waals surface area contributed by atoms with Crippen LogP contribution in [0.4, 0.5) is 5.95 Å². The minimum absolute atomic E-state index is 0.202. The van der Waals surface area contributed by atoms with Crippen molar-refractivity contribution in [2.45, 2.75) is 51.4 Å². The molecular weight excluding hydrogens is 546 g/mol. The van der Waals surface area contributed by atoms with Gasteiger partial charge in [-0.2, -0.15) is 0 Å². The van der Waals surface area contributed by atoms with Gasteiger partial charge in [0.25, 0.3) is 5.91 Å². The molecule has 1 saturated heterocycles. The van der Waals surface area contributed by atoms with E-state index in [0.717, 1.165) is 29.5 Å². The smallest absolute Gasteiger partial charge is 0.255 e. The third kappa shape index (κ3) is 6.14. The third-order valence-corrected chi connectivity index (χ3v) is 7.95. The van der Waals surface area contributed by atoms with Gasteiger partial charge >= 0.3 is 0 Å². The average molecular weight is 580 g/mol. The summed E-state index contributed by atoms with van der Waals surface area (Å²) in [6, 6.07) is 9.87. The lowest BCUT2D eigenvalue weighted by Crippen LogP contribution is -2.49. The minimum Gasteiger partial charge on any atom is -0.497 e. The minimum atomic E-state index is -1.05. The maximum atomic E-state index is 13.5. The van der Waals surface area contributed by atoms with Crippen LogP contribution in [0.3, 0.4) is 0 Å². The van der Waals surface area contributed by atoms with Gasteiger partial charge in [0.15, 0.2) is 0 Å². The van der Waals surface area contributed by atoms with Gasteiger partial charge in [-0.25, -0.2) is 9.97 Å². The first-order valence-corrected chi connectivity index (χ1v) is 14.0. The van der Waals surface area contributed by atoms with Crippen LogP contribution in [0.1, 0.15) is 52.9 Å². The summed E-state index contributed by atoms with van der Waals surface area (Å²) in [7, 11) is 1.59. The normalized spacial score (nSPS) is 16.7. The summed E-state index contributed by atoms with van der Waals surface area (Å²) in [5, 5.41) is 16.8. The summed E-state index contributed by atoms with van der Waals surface area (Å²) in [6.45, 7) is 4.88. The van der Waals surface area contributed by atoms with Crippen molar-refractivity contribution in [3.63, 3.8) is 0 Å². The van der Waals surface area contributed by atoms with Crippen molar-refractivity contribution in [2.24, 2.45) is 0 Å².